The minimum Gasteiger partial charge on any atom is -0.493 e. The summed E-state index contributed by atoms with van der Waals surface area (Å²) in [6.07, 6.45) is 7.41. The number of hydrogen-bond donors (Lipinski definition) is 1. The first-order valence-corrected chi connectivity index (χ1v) is 7.34. The van der Waals surface area contributed by atoms with Crippen molar-refractivity contribution in [1.82, 2.24) is 0 Å². The minimum absolute atomic E-state index is 0.0795. The zero-order valence-corrected chi connectivity index (χ0v) is 11.4. The molecular weight excluding hydrogens is 246 g/mol. The molecule has 2 aliphatic rings. The van der Waals surface area contributed by atoms with Crippen molar-refractivity contribution in [1.29, 1.82) is 0 Å². The van der Waals surface area contributed by atoms with Crippen molar-refractivity contribution in [3.05, 3.63) is 28.3 Å². The molecule has 98 valence electrons. The molecule has 1 unspecified atom stereocenters. The van der Waals surface area contributed by atoms with Gasteiger partial charge in [-0.15, -0.1) is 0 Å². The zero-order chi connectivity index (χ0) is 12.5. The van der Waals surface area contributed by atoms with Gasteiger partial charge in [-0.1, -0.05) is 30.9 Å². The average molecular weight is 266 g/mol. The van der Waals surface area contributed by atoms with Gasteiger partial charge in [-0.05, 0) is 36.5 Å². The maximum Gasteiger partial charge on any atom is 0.127 e. The Labute approximate surface area is 113 Å². The van der Waals surface area contributed by atoms with E-state index in [4.69, 9.17) is 22.1 Å². The number of hydrogen-bond acceptors (Lipinski definition) is 2. The van der Waals surface area contributed by atoms with Gasteiger partial charge in [-0.3, -0.25) is 0 Å². The van der Waals surface area contributed by atoms with E-state index in [1.807, 2.05) is 12.1 Å². The summed E-state index contributed by atoms with van der Waals surface area (Å²) in [6.45, 7) is 0.764. The first-order valence-electron chi connectivity index (χ1n) is 6.96. The lowest BCUT2D eigenvalue weighted by Gasteiger charge is -2.28. The largest absolute Gasteiger partial charge is 0.493 e. The molecule has 0 amide bonds. The predicted octanol–water partition coefficient (Wildman–Crippen LogP) is 3.86. The van der Waals surface area contributed by atoms with Crippen molar-refractivity contribution < 1.29 is 4.74 Å². The van der Waals surface area contributed by atoms with Gasteiger partial charge < -0.3 is 10.5 Å². The average Bonchev–Trinajstić information content (AvgIpc) is 2.86. The predicted molar refractivity (Wildman–Crippen MR) is 74.2 cm³/mol. The third-order valence-corrected chi connectivity index (χ3v) is 4.51. The minimum atomic E-state index is 0.0795. The molecule has 1 aliphatic heterocycles. The van der Waals surface area contributed by atoms with Crippen molar-refractivity contribution in [2.45, 2.75) is 44.6 Å². The highest BCUT2D eigenvalue weighted by Crippen LogP contribution is 2.41. The van der Waals surface area contributed by atoms with Crippen LogP contribution in [0.2, 0.25) is 5.02 Å². The molecule has 1 aliphatic carbocycles. The normalized spacial score (nSPS) is 21.4. The van der Waals surface area contributed by atoms with E-state index in [0.717, 1.165) is 29.4 Å². The lowest BCUT2D eigenvalue weighted by atomic mass is 9.81. The van der Waals surface area contributed by atoms with Crippen molar-refractivity contribution in [2.75, 3.05) is 6.61 Å². The fourth-order valence-electron chi connectivity index (χ4n) is 3.29. The summed E-state index contributed by atoms with van der Waals surface area (Å²) in [5.41, 5.74) is 8.83. The summed E-state index contributed by atoms with van der Waals surface area (Å²) < 4.78 is 5.76. The molecule has 0 spiro atoms. The van der Waals surface area contributed by atoms with E-state index in [9.17, 15) is 0 Å². The molecule has 1 heterocycles. The standard InChI is InChI=1S/C15H20ClNO/c16-12-8-11-6-7-18-15(11)13(9-12)14(17)10-4-2-1-3-5-10/h8-10,14H,1-7,17H2. The second-order valence-corrected chi connectivity index (χ2v) is 5.94. The van der Waals surface area contributed by atoms with Gasteiger partial charge in [-0.25, -0.2) is 0 Å². The number of ether oxygens (including phenoxy) is 1. The maximum atomic E-state index is 6.47. The summed E-state index contributed by atoms with van der Waals surface area (Å²) in [7, 11) is 0. The first kappa shape index (κ1) is 12.3. The topological polar surface area (TPSA) is 35.2 Å². The third-order valence-electron chi connectivity index (χ3n) is 4.29. The monoisotopic (exact) mass is 265 g/mol. The molecule has 1 aromatic carbocycles. The van der Waals surface area contributed by atoms with E-state index in [1.54, 1.807) is 0 Å². The zero-order valence-electron chi connectivity index (χ0n) is 10.6. The molecule has 3 rings (SSSR count). The van der Waals surface area contributed by atoms with Gasteiger partial charge in [-0.2, -0.15) is 0 Å². The fourth-order valence-corrected chi connectivity index (χ4v) is 3.54. The van der Waals surface area contributed by atoms with Gasteiger partial charge in [0, 0.05) is 23.0 Å². The number of nitrogens with two attached hydrogens (primary N) is 1. The van der Waals surface area contributed by atoms with E-state index in [2.05, 4.69) is 0 Å². The van der Waals surface area contributed by atoms with Gasteiger partial charge in [0.1, 0.15) is 5.75 Å². The molecule has 0 bridgehead atoms. The highest BCUT2D eigenvalue weighted by Gasteiger charge is 2.27. The smallest absolute Gasteiger partial charge is 0.127 e. The Balaban J connectivity index is 1.91. The molecule has 1 saturated carbocycles. The Morgan fingerprint density at radius 3 is 2.78 bits per heavy atom. The Bertz CT molecular complexity index is 440. The summed E-state index contributed by atoms with van der Waals surface area (Å²) in [5.74, 6) is 1.60. The molecule has 2 N–H and O–H groups in total. The van der Waals surface area contributed by atoms with Crippen molar-refractivity contribution in [3.63, 3.8) is 0 Å². The van der Waals surface area contributed by atoms with Crippen molar-refractivity contribution in [2.24, 2.45) is 11.7 Å². The number of rotatable bonds is 2. The van der Waals surface area contributed by atoms with Gasteiger partial charge in [0.15, 0.2) is 0 Å². The highest BCUT2D eigenvalue weighted by atomic mass is 35.5. The van der Waals surface area contributed by atoms with E-state index in [-0.39, 0.29) is 6.04 Å². The summed E-state index contributed by atoms with van der Waals surface area (Å²) in [4.78, 5) is 0. The van der Waals surface area contributed by atoms with Crippen LogP contribution >= 0.6 is 11.6 Å². The van der Waals surface area contributed by atoms with E-state index >= 15 is 0 Å². The molecule has 2 nitrogen and oxygen atoms in total. The Morgan fingerprint density at radius 1 is 1.22 bits per heavy atom. The van der Waals surface area contributed by atoms with Crippen LogP contribution < -0.4 is 10.5 Å². The van der Waals surface area contributed by atoms with Crippen LogP contribution in [0.4, 0.5) is 0 Å². The molecule has 3 heteroatoms. The Hall–Kier alpha value is -0.730. The van der Waals surface area contributed by atoms with Gasteiger partial charge in [0.25, 0.3) is 0 Å². The number of fused-ring (bicyclic) bond motifs is 1. The van der Waals surface area contributed by atoms with E-state index in [0.29, 0.717) is 5.92 Å². The molecule has 1 atom stereocenters. The van der Waals surface area contributed by atoms with Crippen molar-refractivity contribution >= 4 is 11.6 Å². The van der Waals surface area contributed by atoms with Gasteiger partial charge in [0.2, 0.25) is 0 Å². The van der Waals surface area contributed by atoms with E-state index < -0.39 is 0 Å². The lowest BCUT2D eigenvalue weighted by Crippen LogP contribution is -2.24. The van der Waals surface area contributed by atoms with Crippen LogP contribution in [0, 0.1) is 5.92 Å². The van der Waals surface area contributed by atoms with Crippen LogP contribution in [-0.4, -0.2) is 6.61 Å². The number of halogens is 1. The van der Waals surface area contributed by atoms with Crippen molar-refractivity contribution in [3.8, 4) is 5.75 Å². The van der Waals surface area contributed by atoms with Crippen LogP contribution in [0.25, 0.3) is 0 Å². The second-order valence-electron chi connectivity index (χ2n) is 5.51. The summed E-state index contributed by atoms with van der Waals surface area (Å²) in [5, 5.41) is 0.792. The molecule has 1 fully saturated rings. The quantitative estimate of drug-likeness (QED) is 0.881. The molecule has 0 aromatic heterocycles. The van der Waals surface area contributed by atoms with Gasteiger partial charge >= 0.3 is 0 Å². The first-order chi connectivity index (χ1) is 8.75. The molecule has 0 radical (unpaired) electrons. The van der Waals surface area contributed by atoms with Crippen LogP contribution in [0.15, 0.2) is 12.1 Å². The van der Waals surface area contributed by atoms with E-state index in [1.165, 1.54) is 37.7 Å². The summed E-state index contributed by atoms with van der Waals surface area (Å²) in [6, 6.07) is 4.10. The molecule has 18 heavy (non-hydrogen) atoms. The van der Waals surface area contributed by atoms with Crippen LogP contribution in [0.1, 0.15) is 49.3 Å². The maximum absolute atomic E-state index is 6.47. The third kappa shape index (κ3) is 2.24. The molecule has 0 saturated heterocycles. The lowest BCUT2D eigenvalue weighted by molar-refractivity contribution is 0.297. The van der Waals surface area contributed by atoms with Crippen LogP contribution in [0.3, 0.4) is 0 Å². The molecule has 1 aromatic rings. The number of benzene rings is 1. The highest BCUT2D eigenvalue weighted by molar-refractivity contribution is 6.30. The Morgan fingerprint density at radius 2 is 2.00 bits per heavy atom. The second kappa shape index (κ2) is 5.10. The fraction of sp³-hybridized carbons (Fsp3) is 0.600. The van der Waals surface area contributed by atoms with Gasteiger partial charge in [0.05, 0.1) is 6.61 Å². The molecular formula is C15H20ClNO. The van der Waals surface area contributed by atoms with Crippen LogP contribution in [0.5, 0.6) is 5.75 Å². The SMILES string of the molecule is NC(c1cc(Cl)cc2c1OCC2)C1CCCCC1. The summed E-state index contributed by atoms with van der Waals surface area (Å²) >= 11 is 6.20. The Kier molecular flexibility index (Phi) is 3.49. The van der Waals surface area contributed by atoms with Crippen LogP contribution in [-0.2, 0) is 6.42 Å².